The number of unbranched alkanes of at least 4 members (excludes halogenated alkanes) is 2. The fourth-order valence-corrected chi connectivity index (χ4v) is 10.0. The number of amides is 5. The van der Waals surface area contributed by atoms with Gasteiger partial charge in [0.1, 0.15) is 16.8 Å². The van der Waals surface area contributed by atoms with Crippen molar-refractivity contribution in [3.63, 3.8) is 0 Å². The molecule has 0 bridgehead atoms. The average molecular weight is 1290 g/mol. The molecule has 14 N–H and O–H groups in total. The number of hydrogen-bond acceptors (Lipinski definition) is 24. The number of hydrogen-bond donors (Lipinski definition) is 10. The number of anilines is 8. The number of carbonyl (C=O) groups excluding carboxylic acids is 5. The molecule has 8 rings (SSSR count). The SMILES string of the molecule is CC(C)(C)OC(=O)N(CCNC(=O)c1cccc2c(NCCCCNc3nc(N)nc(N)n3)c3ccccc3nc12)CCN(CCN(CCNC(=O)c1cccc2c(NCCCCNc3nc(N)nc(N)n3)c3ccccc3nc12)C(=O)OC(C)(C)C)C(=O)OC(C)(C)C. The number of pyridine rings is 2. The van der Waals surface area contributed by atoms with Gasteiger partial charge in [-0.2, -0.15) is 29.9 Å². The lowest BCUT2D eigenvalue weighted by molar-refractivity contribution is 0.00856. The van der Waals surface area contributed by atoms with Crippen LogP contribution in [0.2, 0.25) is 0 Å². The largest absolute Gasteiger partial charge is 0.444 e. The summed E-state index contributed by atoms with van der Waals surface area (Å²) in [6.07, 6.45) is 0.997. The second kappa shape index (κ2) is 31.1. The number of fused-ring (bicyclic) bond motifs is 4. The molecule has 8 aromatic rings. The van der Waals surface area contributed by atoms with Crippen LogP contribution in [0.3, 0.4) is 0 Å². The minimum absolute atomic E-state index is 0.00352. The predicted octanol–water partition coefficient (Wildman–Crippen LogP) is 8.27. The molecule has 94 heavy (non-hydrogen) atoms. The summed E-state index contributed by atoms with van der Waals surface area (Å²) in [5.41, 5.74) is 24.8. The summed E-state index contributed by atoms with van der Waals surface area (Å²) in [6, 6.07) is 26.2. The van der Waals surface area contributed by atoms with Crippen molar-refractivity contribution in [1.29, 1.82) is 0 Å². The summed E-state index contributed by atoms with van der Waals surface area (Å²) < 4.78 is 17.6. The summed E-state index contributed by atoms with van der Waals surface area (Å²) in [5, 5.41) is 22.7. The van der Waals surface area contributed by atoms with E-state index in [0.29, 0.717) is 71.3 Å². The van der Waals surface area contributed by atoms with Gasteiger partial charge in [0.2, 0.25) is 35.7 Å². The van der Waals surface area contributed by atoms with Gasteiger partial charge in [-0.05, 0) is 112 Å². The van der Waals surface area contributed by atoms with Crippen molar-refractivity contribution < 1.29 is 38.2 Å². The summed E-state index contributed by atoms with van der Waals surface area (Å²) in [6.45, 7) is 17.7. The fraction of sp³-hybridized carbons (Fsp3) is 0.431. The molecule has 5 amide bonds. The lowest BCUT2D eigenvalue weighted by atomic mass is 10.0. The topological polar surface area (TPSA) is 402 Å². The number of ether oxygens (including phenoxy) is 3. The summed E-state index contributed by atoms with van der Waals surface area (Å²) in [7, 11) is 0. The molecule has 0 aliphatic rings. The molecule has 0 spiro atoms. The number of nitrogens with two attached hydrogens (primary N) is 4. The van der Waals surface area contributed by atoms with Crippen molar-refractivity contribution in [3.05, 3.63) is 96.1 Å². The van der Waals surface area contributed by atoms with E-state index in [1.54, 1.807) is 86.6 Å². The van der Waals surface area contributed by atoms with Crippen LogP contribution in [-0.2, 0) is 14.2 Å². The van der Waals surface area contributed by atoms with E-state index in [-0.39, 0.29) is 76.2 Å². The Morgan fingerprint density at radius 2 is 0.681 bits per heavy atom. The van der Waals surface area contributed by atoms with Gasteiger partial charge in [0.15, 0.2) is 0 Å². The highest BCUT2D eigenvalue weighted by atomic mass is 16.6. The van der Waals surface area contributed by atoms with Crippen LogP contribution in [0.4, 0.5) is 61.4 Å². The lowest BCUT2D eigenvalue weighted by Crippen LogP contribution is -2.49. The first-order valence-electron chi connectivity index (χ1n) is 31.3. The predicted molar refractivity (Wildman–Crippen MR) is 366 cm³/mol. The Kier molecular flexibility index (Phi) is 23.0. The molecule has 4 aromatic heterocycles. The molecule has 0 saturated carbocycles. The lowest BCUT2D eigenvalue weighted by Gasteiger charge is -2.33. The van der Waals surface area contributed by atoms with Gasteiger partial charge in [0, 0.05) is 100 Å². The smallest absolute Gasteiger partial charge is 0.410 e. The van der Waals surface area contributed by atoms with Crippen molar-refractivity contribution in [1.82, 2.24) is 65.2 Å². The van der Waals surface area contributed by atoms with E-state index in [9.17, 15) is 24.0 Å². The molecule has 0 aliphatic carbocycles. The Bertz CT molecular complexity index is 3700. The van der Waals surface area contributed by atoms with Gasteiger partial charge < -0.3 is 83.7 Å². The summed E-state index contributed by atoms with van der Waals surface area (Å²) in [5.74, 6) is -0.107. The molecule has 0 saturated heterocycles. The van der Waals surface area contributed by atoms with Crippen LogP contribution >= 0.6 is 0 Å². The molecule has 0 radical (unpaired) electrons. The van der Waals surface area contributed by atoms with Gasteiger partial charge in [-0.15, -0.1) is 0 Å². The fourth-order valence-electron chi connectivity index (χ4n) is 10.0. The highest BCUT2D eigenvalue weighted by Crippen LogP contribution is 2.34. The number of para-hydroxylation sites is 4. The normalized spacial score (nSPS) is 11.7. The Morgan fingerprint density at radius 1 is 0.372 bits per heavy atom. The minimum Gasteiger partial charge on any atom is -0.444 e. The van der Waals surface area contributed by atoms with Crippen molar-refractivity contribution in [2.45, 2.75) is 105 Å². The van der Waals surface area contributed by atoms with Crippen LogP contribution in [0.25, 0.3) is 43.6 Å². The number of rotatable bonds is 28. The van der Waals surface area contributed by atoms with Gasteiger partial charge in [0.25, 0.3) is 11.8 Å². The van der Waals surface area contributed by atoms with E-state index in [1.165, 1.54) is 14.7 Å². The van der Waals surface area contributed by atoms with Crippen LogP contribution in [-0.4, -0.2) is 180 Å². The first kappa shape index (κ1) is 69.3. The maximum absolute atomic E-state index is 14.3. The monoisotopic (exact) mass is 1290 g/mol. The zero-order chi connectivity index (χ0) is 67.7. The molecule has 29 nitrogen and oxygen atoms in total. The van der Waals surface area contributed by atoms with Crippen LogP contribution in [0.1, 0.15) is 109 Å². The van der Waals surface area contributed by atoms with Crippen molar-refractivity contribution in [2.24, 2.45) is 0 Å². The first-order valence-corrected chi connectivity index (χ1v) is 31.3. The second-order valence-electron chi connectivity index (χ2n) is 25.2. The first-order chi connectivity index (χ1) is 44.7. The highest BCUT2D eigenvalue weighted by molar-refractivity contribution is 6.15. The van der Waals surface area contributed by atoms with Gasteiger partial charge in [0.05, 0.1) is 44.6 Å². The maximum atomic E-state index is 14.3. The van der Waals surface area contributed by atoms with Crippen LogP contribution in [0.5, 0.6) is 0 Å². The van der Waals surface area contributed by atoms with E-state index in [1.807, 2.05) is 60.7 Å². The number of benzene rings is 4. The minimum atomic E-state index is -0.915. The number of nitrogen functional groups attached to an aromatic ring is 4. The van der Waals surface area contributed by atoms with E-state index in [4.69, 9.17) is 47.1 Å². The summed E-state index contributed by atoms with van der Waals surface area (Å²) >= 11 is 0. The number of aromatic nitrogens is 8. The van der Waals surface area contributed by atoms with E-state index >= 15 is 0 Å². The van der Waals surface area contributed by atoms with E-state index < -0.39 is 46.9 Å². The zero-order valence-electron chi connectivity index (χ0n) is 54.9. The third-order valence-corrected chi connectivity index (χ3v) is 14.2. The Balaban J connectivity index is 0.924. The molecular weight excluding hydrogens is 1200 g/mol. The number of carbonyl (C=O) groups is 5. The average Bonchev–Trinajstić information content (AvgIpc) is 0.775. The zero-order valence-corrected chi connectivity index (χ0v) is 54.9. The standard InChI is InChI=1S/C65H87N21O8/c1-63(2,3)92-60(89)84(34-32-72-52(87)44-24-18-22-42-48(40-20-10-12-26-46(40)76-50(42)44)70-28-14-16-30-74-58-80-54(66)78-55(67)81-58)36-38-86(62(91)94-65(7,8)9)39-37-85(61(90)93-64(4,5)6)35-33-73-53(88)45-25-19-23-43-49(41-21-11-13-27-47(41)77-51(43)45)71-29-15-17-31-75-59-82-56(68)79-57(69)83-59/h10-13,18-27H,14-17,28-39H2,1-9H3,(H,70,76)(H,71,77)(H,72,87)(H,73,88)(H5,66,67,74,78,80,81)(H5,68,69,75,79,82,83). The third kappa shape index (κ3) is 19.9. The van der Waals surface area contributed by atoms with Crippen molar-refractivity contribution >= 4 is 121 Å². The van der Waals surface area contributed by atoms with Gasteiger partial charge in [-0.1, -0.05) is 60.7 Å². The maximum Gasteiger partial charge on any atom is 0.410 e. The Morgan fingerprint density at radius 3 is 1.02 bits per heavy atom. The molecule has 0 fully saturated rings. The van der Waals surface area contributed by atoms with Crippen molar-refractivity contribution in [3.8, 4) is 0 Å². The van der Waals surface area contributed by atoms with Crippen LogP contribution in [0, 0.1) is 0 Å². The number of nitrogens with zero attached hydrogens (tertiary/aromatic N) is 11. The van der Waals surface area contributed by atoms with Gasteiger partial charge in [-0.25, -0.2) is 24.4 Å². The Hall–Kier alpha value is -10.6. The third-order valence-electron chi connectivity index (χ3n) is 14.2. The second-order valence-corrected chi connectivity index (χ2v) is 25.2. The molecule has 4 heterocycles. The van der Waals surface area contributed by atoms with Crippen molar-refractivity contribution in [2.75, 3.05) is 123 Å². The molecule has 4 aromatic carbocycles. The number of nitrogens with one attached hydrogen (secondary N) is 6. The Labute approximate surface area is 545 Å². The van der Waals surface area contributed by atoms with E-state index in [0.717, 1.165) is 58.6 Å². The molecular formula is C65H87N21O8. The van der Waals surface area contributed by atoms with Crippen LogP contribution in [0.15, 0.2) is 84.9 Å². The van der Waals surface area contributed by atoms with E-state index in [2.05, 4.69) is 61.8 Å². The molecule has 500 valence electrons. The van der Waals surface area contributed by atoms with Crippen LogP contribution < -0.4 is 54.8 Å². The molecule has 0 atom stereocenters. The van der Waals surface area contributed by atoms with Gasteiger partial charge >= 0.3 is 18.3 Å². The summed E-state index contributed by atoms with van der Waals surface area (Å²) in [4.78, 5) is 109. The highest BCUT2D eigenvalue weighted by Gasteiger charge is 2.29. The molecule has 29 heteroatoms. The molecule has 0 aliphatic heterocycles. The van der Waals surface area contributed by atoms with Gasteiger partial charge in [-0.3, -0.25) is 9.59 Å². The quantitative estimate of drug-likeness (QED) is 0.0125. The molecule has 0 unspecified atom stereocenters.